The highest BCUT2D eigenvalue weighted by Gasteiger charge is 2.33. The Hall–Kier alpha value is -1.80. The van der Waals surface area contributed by atoms with Gasteiger partial charge in [-0.25, -0.2) is 8.42 Å². The van der Waals surface area contributed by atoms with Crippen molar-refractivity contribution in [2.45, 2.75) is 24.7 Å². The summed E-state index contributed by atoms with van der Waals surface area (Å²) in [7, 11) is -2.31. The summed E-state index contributed by atoms with van der Waals surface area (Å²) in [6.07, 6.45) is 1.20. The number of sulfonamides is 1. The molecule has 1 atom stereocenters. The number of aryl methyl sites for hydroxylation is 1. The van der Waals surface area contributed by atoms with Crippen molar-refractivity contribution in [1.29, 1.82) is 0 Å². The van der Waals surface area contributed by atoms with Crippen LogP contribution in [-0.2, 0) is 14.8 Å². The quantitative estimate of drug-likeness (QED) is 0.725. The number of carbonyl (C=O) groups is 1. The molecule has 29 heavy (non-hydrogen) atoms. The summed E-state index contributed by atoms with van der Waals surface area (Å²) in [6.45, 7) is 2.33. The van der Waals surface area contributed by atoms with Crippen LogP contribution in [0.5, 0.6) is 5.75 Å². The first-order valence-corrected chi connectivity index (χ1v) is 11.3. The highest BCUT2D eigenvalue weighted by Crippen LogP contribution is 2.30. The molecule has 1 aliphatic rings. The molecule has 0 spiro atoms. The Morgan fingerprint density at radius 1 is 1.21 bits per heavy atom. The van der Waals surface area contributed by atoms with Gasteiger partial charge in [-0.3, -0.25) is 4.79 Å². The fourth-order valence-corrected chi connectivity index (χ4v) is 5.34. The van der Waals surface area contributed by atoms with E-state index in [1.165, 1.54) is 29.6 Å². The van der Waals surface area contributed by atoms with Crippen molar-refractivity contribution >= 4 is 44.8 Å². The SMILES string of the molecule is COc1ccc(S(=O)(=O)N2CCC[C@@H](C(=O)Nc3cc(Cl)ccc3C)C2)cc1Cl. The van der Waals surface area contributed by atoms with Gasteiger partial charge in [0.15, 0.2) is 0 Å². The third-order valence-corrected chi connectivity index (χ3v) is 7.37. The summed E-state index contributed by atoms with van der Waals surface area (Å²) >= 11 is 12.1. The lowest BCUT2D eigenvalue weighted by Crippen LogP contribution is -2.43. The van der Waals surface area contributed by atoms with Gasteiger partial charge in [0.1, 0.15) is 5.75 Å². The van der Waals surface area contributed by atoms with E-state index in [4.69, 9.17) is 27.9 Å². The van der Waals surface area contributed by atoms with E-state index in [2.05, 4.69) is 5.32 Å². The molecule has 3 rings (SSSR count). The predicted molar refractivity (Wildman–Crippen MR) is 114 cm³/mol. The Morgan fingerprint density at radius 3 is 2.66 bits per heavy atom. The highest BCUT2D eigenvalue weighted by molar-refractivity contribution is 7.89. The van der Waals surface area contributed by atoms with Gasteiger partial charge in [0, 0.05) is 23.8 Å². The minimum atomic E-state index is -3.77. The zero-order valence-corrected chi connectivity index (χ0v) is 18.4. The largest absolute Gasteiger partial charge is 0.495 e. The number of ether oxygens (including phenoxy) is 1. The first-order chi connectivity index (χ1) is 13.7. The standard InChI is InChI=1S/C20H22Cl2N2O4S/c1-13-5-6-15(21)10-18(13)23-20(25)14-4-3-9-24(12-14)29(26,27)16-7-8-19(28-2)17(22)11-16/h5-8,10-11,14H,3-4,9,12H2,1-2H3,(H,23,25)/t14-/m1/s1. The molecule has 2 aromatic rings. The van der Waals surface area contributed by atoms with Gasteiger partial charge in [0.25, 0.3) is 0 Å². The van der Waals surface area contributed by atoms with Gasteiger partial charge >= 0.3 is 0 Å². The van der Waals surface area contributed by atoms with Crippen molar-refractivity contribution in [2.75, 3.05) is 25.5 Å². The van der Waals surface area contributed by atoms with Gasteiger partial charge in [-0.15, -0.1) is 0 Å². The molecule has 6 nitrogen and oxygen atoms in total. The van der Waals surface area contributed by atoms with Crippen molar-refractivity contribution in [3.05, 3.63) is 52.0 Å². The number of piperidine rings is 1. The molecule has 0 bridgehead atoms. The number of carbonyl (C=O) groups excluding carboxylic acids is 1. The summed E-state index contributed by atoms with van der Waals surface area (Å²) in [6, 6.07) is 9.61. The fraction of sp³-hybridized carbons (Fsp3) is 0.350. The first-order valence-electron chi connectivity index (χ1n) is 9.13. The number of nitrogens with one attached hydrogen (secondary N) is 1. The molecule has 0 saturated carbocycles. The summed E-state index contributed by atoms with van der Waals surface area (Å²) < 4.78 is 32.5. The second-order valence-electron chi connectivity index (χ2n) is 6.95. The topological polar surface area (TPSA) is 75.7 Å². The molecular weight excluding hydrogens is 435 g/mol. The molecule has 1 saturated heterocycles. The number of rotatable bonds is 5. The van der Waals surface area contributed by atoms with Crippen LogP contribution >= 0.6 is 23.2 Å². The van der Waals surface area contributed by atoms with E-state index in [0.29, 0.717) is 35.8 Å². The Balaban J connectivity index is 1.76. The maximum absolute atomic E-state index is 13.0. The Morgan fingerprint density at radius 2 is 1.97 bits per heavy atom. The second-order valence-corrected chi connectivity index (χ2v) is 9.73. The third kappa shape index (κ3) is 4.86. The van der Waals surface area contributed by atoms with Crippen molar-refractivity contribution in [3.8, 4) is 5.75 Å². The summed E-state index contributed by atoms with van der Waals surface area (Å²) in [5.74, 6) is -0.271. The lowest BCUT2D eigenvalue weighted by atomic mass is 9.98. The average Bonchev–Trinajstić information content (AvgIpc) is 2.70. The molecule has 1 amide bonds. The molecule has 9 heteroatoms. The third-order valence-electron chi connectivity index (χ3n) is 4.97. The molecule has 156 valence electrons. The minimum Gasteiger partial charge on any atom is -0.495 e. The van der Waals surface area contributed by atoms with E-state index in [1.807, 2.05) is 13.0 Å². The number of amides is 1. The monoisotopic (exact) mass is 456 g/mol. The normalized spacial score (nSPS) is 17.7. The van der Waals surface area contributed by atoms with Gasteiger partial charge in [-0.05, 0) is 55.7 Å². The van der Waals surface area contributed by atoms with Gasteiger partial charge in [0.2, 0.25) is 15.9 Å². The average molecular weight is 457 g/mol. The number of benzene rings is 2. The molecule has 1 N–H and O–H groups in total. The van der Waals surface area contributed by atoms with Crippen molar-refractivity contribution in [2.24, 2.45) is 5.92 Å². The highest BCUT2D eigenvalue weighted by atomic mass is 35.5. The predicted octanol–water partition coefficient (Wildman–Crippen LogP) is 4.35. The van der Waals surface area contributed by atoms with Crippen LogP contribution in [0, 0.1) is 12.8 Å². The lowest BCUT2D eigenvalue weighted by Gasteiger charge is -2.31. The van der Waals surface area contributed by atoms with Crippen LogP contribution in [0.3, 0.4) is 0 Å². The number of nitrogens with zero attached hydrogens (tertiary/aromatic N) is 1. The van der Waals surface area contributed by atoms with Crippen LogP contribution in [0.2, 0.25) is 10.0 Å². The fourth-order valence-electron chi connectivity index (χ4n) is 3.30. The Kier molecular flexibility index (Phi) is 6.73. The summed E-state index contributed by atoms with van der Waals surface area (Å²) in [4.78, 5) is 12.8. The van der Waals surface area contributed by atoms with E-state index in [9.17, 15) is 13.2 Å². The molecule has 1 heterocycles. The molecule has 2 aromatic carbocycles. The van der Waals surface area contributed by atoms with Crippen LogP contribution in [0.25, 0.3) is 0 Å². The van der Waals surface area contributed by atoms with E-state index < -0.39 is 15.9 Å². The van der Waals surface area contributed by atoms with Crippen LogP contribution in [-0.4, -0.2) is 38.8 Å². The lowest BCUT2D eigenvalue weighted by molar-refractivity contribution is -0.120. The summed E-state index contributed by atoms with van der Waals surface area (Å²) in [5, 5.41) is 3.62. The number of hydrogen-bond acceptors (Lipinski definition) is 4. The second kappa shape index (κ2) is 8.92. The van der Waals surface area contributed by atoms with Crippen molar-refractivity contribution in [1.82, 2.24) is 4.31 Å². The molecule has 1 aliphatic heterocycles. The van der Waals surface area contributed by atoms with Gasteiger partial charge in [0.05, 0.1) is 22.9 Å². The molecule has 1 fully saturated rings. The van der Waals surface area contributed by atoms with E-state index in [-0.39, 0.29) is 22.4 Å². The van der Waals surface area contributed by atoms with Crippen LogP contribution < -0.4 is 10.1 Å². The Labute approximate surface area is 180 Å². The zero-order valence-electron chi connectivity index (χ0n) is 16.1. The van der Waals surface area contributed by atoms with E-state index in [0.717, 1.165) is 5.56 Å². The Bertz CT molecular complexity index is 1030. The number of halogens is 2. The van der Waals surface area contributed by atoms with E-state index >= 15 is 0 Å². The van der Waals surface area contributed by atoms with Gasteiger partial charge < -0.3 is 10.1 Å². The first kappa shape index (κ1) is 21.9. The van der Waals surface area contributed by atoms with Crippen LogP contribution in [0.1, 0.15) is 18.4 Å². The number of anilines is 1. The van der Waals surface area contributed by atoms with Crippen molar-refractivity contribution < 1.29 is 17.9 Å². The zero-order chi connectivity index (χ0) is 21.2. The number of hydrogen-bond donors (Lipinski definition) is 1. The van der Waals surface area contributed by atoms with Crippen LogP contribution in [0.15, 0.2) is 41.3 Å². The van der Waals surface area contributed by atoms with E-state index in [1.54, 1.807) is 12.1 Å². The maximum Gasteiger partial charge on any atom is 0.243 e. The number of methoxy groups -OCH3 is 1. The smallest absolute Gasteiger partial charge is 0.243 e. The molecular formula is C20H22Cl2N2O4S. The molecule has 0 aliphatic carbocycles. The molecule has 0 radical (unpaired) electrons. The van der Waals surface area contributed by atoms with Crippen molar-refractivity contribution in [3.63, 3.8) is 0 Å². The van der Waals surface area contributed by atoms with Gasteiger partial charge in [-0.2, -0.15) is 4.31 Å². The van der Waals surface area contributed by atoms with Gasteiger partial charge in [-0.1, -0.05) is 29.3 Å². The van der Waals surface area contributed by atoms with Crippen LogP contribution in [0.4, 0.5) is 5.69 Å². The minimum absolute atomic E-state index is 0.0787. The maximum atomic E-state index is 13.0. The molecule has 0 aromatic heterocycles. The summed E-state index contributed by atoms with van der Waals surface area (Å²) in [5.41, 5.74) is 1.51. The molecule has 0 unspecified atom stereocenters.